The van der Waals surface area contributed by atoms with E-state index >= 15 is 0 Å². The molecule has 3 rings (SSSR count). The van der Waals surface area contributed by atoms with Gasteiger partial charge < -0.3 is 19.7 Å². The van der Waals surface area contributed by atoms with Gasteiger partial charge in [-0.25, -0.2) is 4.79 Å². The molecule has 1 saturated carbocycles. The number of aliphatic hydroxyl groups excluding tert-OH is 2. The van der Waals surface area contributed by atoms with E-state index in [1.54, 1.807) is 0 Å². The van der Waals surface area contributed by atoms with Crippen LogP contribution in [0, 0.1) is 17.8 Å². The van der Waals surface area contributed by atoms with Gasteiger partial charge in [0.1, 0.15) is 5.75 Å². The number of ether oxygens (including phenoxy) is 2. The van der Waals surface area contributed by atoms with Crippen LogP contribution < -0.4 is 4.74 Å². The quantitative estimate of drug-likeness (QED) is 0.412. The van der Waals surface area contributed by atoms with E-state index in [0.29, 0.717) is 11.8 Å². The SMILES string of the molecule is CC.CCCCC[C@H](O)CC[C@@H]1[C@H]2Cc3cccc(OCC(=O)OC)c3C[C@H]2C[C@H]1O. The van der Waals surface area contributed by atoms with E-state index in [1.807, 2.05) is 26.0 Å². The number of carbonyl (C=O) groups is 1. The van der Waals surface area contributed by atoms with Crippen molar-refractivity contribution in [1.29, 1.82) is 0 Å². The molecule has 5 nitrogen and oxygen atoms in total. The van der Waals surface area contributed by atoms with E-state index in [4.69, 9.17) is 4.74 Å². The van der Waals surface area contributed by atoms with Crippen LogP contribution in [0.4, 0.5) is 0 Å². The second-order valence-electron chi connectivity index (χ2n) is 8.78. The van der Waals surface area contributed by atoms with Crippen LogP contribution in [-0.2, 0) is 22.4 Å². The summed E-state index contributed by atoms with van der Waals surface area (Å²) in [6.45, 7) is 6.09. The summed E-state index contributed by atoms with van der Waals surface area (Å²) in [7, 11) is 1.36. The molecule has 2 aliphatic rings. The third kappa shape index (κ3) is 6.95. The average Bonchev–Trinajstić information content (AvgIpc) is 3.09. The Morgan fingerprint density at radius 2 is 1.97 bits per heavy atom. The van der Waals surface area contributed by atoms with Crippen molar-refractivity contribution in [2.45, 2.75) is 90.8 Å². The third-order valence-corrected chi connectivity index (χ3v) is 6.89. The van der Waals surface area contributed by atoms with Crippen molar-refractivity contribution in [3.63, 3.8) is 0 Å². The molecule has 0 aromatic heterocycles. The molecule has 0 spiro atoms. The number of methoxy groups -OCH3 is 1. The van der Waals surface area contributed by atoms with Crippen molar-refractivity contribution < 1.29 is 24.5 Å². The fourth-order valence-electron chi connectivity index (χ4n) is 5.29. The summed E-state index contributed by atoms with van der Waals surface area (Å²) in [4.78, 5) is 11.4. The molecule has 176 valence electrons. The van der Waals surface area contributed by atoms with E-state index < -0.39 is 0 Å². The molecule has 0 saturated heterocycles. The molecule has 1 aromatic rings. The van der Waals surface area contributed by atoms with Crippen molar-refractivity contribution in [2.75, 3.05) is 13.7 Å². The predicted molar refractivity (Wildman–Crippen MR) is 123 cm³/mol. The monoisotopic (exact) mass is 434 g/mol. The summed E-state index contributed by atoms with van der Waals surface area (Å²) in [6.07, 6.45) is 8.05. The minimum atomic E-state index is -0.384. The zero-order chi connectivity index (χ0) is 22.8. The van der Waals surface area contributed by atoms with Crippen molar-refractivity contribution >= 4 is 5.97 Å². The maximum Gasteiger partial charge on any atom is 0.343 e. The number of fused-ring (bicyclic) bond motifs is 2. The number of carbonyl (C=O) groups excluding carboxylic acids is 1. The van der Waals surface area contributed by atoms with Gasteiger partial charge in [0, 0.05) is 0 Å². The molecule has 0 bridgehead atoms. The molecule has 0 aliphatic heterocycles. The molecule has 0 amide bonds. The molecule has 0 unspecified atom stereocenters. The third-order valence-electron chi connectivity index (χ3n) is 6.89. The Balaban J connectivity index is 0.00000166. The number of aliphatic hydroxyl groups is 2. The summed E-state index contributed by atoms with van der Waals surface area (Å²) < 4.78 is 10.4. The Morgan fingerprint density at radius 3 is 2.68 bits per heavy atom. The van der Waals surface area contributed by atoms with Gasteiger partial charge in [-0.05, 0) is 73.5 Å². The van der Waals surface area contributed by atoms with Crippen LogP contribution in [0.2, 0.25) is 0 Å². The Hall–Kier alpha value is -1.59. The summed E-state index contributed by atoms with van der Waals surface area (Å²) in [5, 5.41) is 21.0. The van der Waals surface area contributed by atoms with E-state index in [9.17, 15) is 15.0 Å². The lowest BCUT2D eigenvalue weighted by Crippen LogP contribution is -2.28. The van der Waals surface area contributed by atoms with Crippen LogP contribution in [0.5, 0.6) is 5.75 Å². The standard InChI is InChI=1S/C24H36O5.C2H6/c1-3-4-5-8-18(25)10-11-19-20-12-16-7-6-9-23(29-15-24(27)28-2)21(16)13-17(20)14-22(19)26;1-2/h6-7,9,17-20,22,25-26H,3-5,8,10-15H2,1-2H3;1-2H3/t17-,18-,19+,20-,22+;/m0./s1. The lowest BCUT2D eigenvalue weighted by molar-refractivity contribution is -0.142. The van der Waals surface area contributed by atoms with Gasteiger partial charge in [0.2, 0.25) is 0 Å². The molecular formula is C26H42O5. The fraction of sp³-hybridized carbons (Fsp3) is 0.731. The van der Waals surface area contributed by atoms with Crippen LogP contribution in [0.3, 0.4) is 0 Å². The summed E-state index contributed by atoms with van der Waals surface area (Å²) in [6, 6.07) is 6.03. The zero-order valence-electron chi connectivity index (χ0n) is 19.8. The second kappa shape index (κ2) is 13.1. The molecule has 1 aromatic carbocycles. The molecule has 31 heavy (non-hydrogen) atoms. The Kier molecular flexibility index (Phi) is 10.8. The molecule has 0 heterocycles. The number of hydrogen-bond donors (Lipinski definition) is 2. The number of unbranched alkanes of at least 4 members (excludes halogenated alkanes) is 2. The minimum absolute atomic E-state index is 0.0811. The lowest BCUT2D eigenvalue weighted by atomic mass is 9.73. The minimum Gasteiger partial charge on any atom is -0.482 e. The predicted octanol–water partition coefficient (Wildman–Crippen LogP) is 4.70. The molecule has 1 fully saturated rings. The maximum absolute atomic E-state index is 11.4. The van der Waals surface area contributed by atoms with Gasteiger partial charge in [0.25, 0.3) is 0 Å². The highest BCUT2D eigenvalue weighted by Crippen LogP contribution is 2.48. The molecule has 2 aliphatic carbocycles. The first-order chi connectivity index (χ1) is 15.0. The van der Waals surface area contributed by atoms with Gasteiger partial charge >= 0.3 is 5.97 Å². The van der Waals surface area contributed by atoms with Gasteiger partial charge in [-0.15, -0.1) is 0 Å². The summed E-state index contributed by atoms with van der Waals surface area (Å²) >= 11 is 0. The van der Waals surface area contributed by atoms with Gasteiger partial charge in [0.15, 0.2) is 6.61 Å². The Bertz CT molecular complexity index is 674. The van der Waals surface area contributed by atoms with Crippen molar-refractivity contribution in [2.24, 2.45) is 17.8 Å². The topological polar surface area (TPSA) is 76.0 Å². The van der Waals surface area contributed by atoms with Gasteiger partial charge in [-0.3, -0.25) is 0 Å². The second-order valence-corrected chi connectivity index (χ2v) is 8.78. The number of benzene rings is 1. The zero-order valence-corrected chi connectivity index (χ0v) is 19.8. The van der Waals surface area contributed by atoms with Crippen LogP contribution in [-0.4, -0.2) is 42.1 Å². The lowest BCUT2D eigenvalue weighted by Gasteiger charge is -2.32. The fourth-order valence-corrected chi connectivity index (χ4v) is 5.29. The van der Waals surface area contributed by atoms with Crippen LogP contribution in [0.1, 0.15) is 76.8 Å². The summed E-state index contributed by atoms with van der Waals surface area (Å²) in [5.41, 5.74) is 2.43. The van der Waals surface area contributed by atoms with E-state index in [1.165, 1.54) is 31.1 Å². The van der Waals surface area contributed by atoms with Crippen LogP contribution in [0.15, 0.2) is 18.2 Å². The Labute approximate surface area is 188 Å². The molecule has 5 atom stereocenters. The van der Waals surface area contributed by atoms with E-state index in [-0.39, 0.29) is 30.7 Å². The van der Waals surface area contributed by atoms with Crippen molar-refractivity contribution in [3.8, 4) is 5.75 Å². The number of hydrogen-bond acceptors (Lipinski definition) is 5. The van der Waals surface area contributed by atoms with Crippen molar-refractivity contribution in [1.82, 2.24) is 0 Å². The van der Waals surface area contributed by atoms with Crippen LogP contribution in [0.25, 0.3) is 0 Å². The Morgan fingerprint density at radius 1 is 1.19 bits per heavy atom. The first-order valence-electron chi connectivity index (χ1n) is 12.2. The highest BCUT2D eigenvalue weighted by molar-refractivity contribution is 5.71. The molecule has 2 N–H and O–H groups in total. The highest BCUT2D eigenvalue weighted by Gasteiger charge is 2.44. The van der Waals surface area contributed by atoms with Gasteiger partial charge in [-0.1, -0.05) is 52.2 Å². The molecule has 5 heteroatoms. The normalized spacial score (nSPS) is 25.0. The van der Waals surface area contributed by atoms with E-state index in [2.05, 4.69) is 17.7 Å². The van der Waals surface area contributed by atoms with Gasteiger partial charge in [-0.2, -0.15) is 0 Å². The molecular weight excluding hydrogens is 392 g/mol. The molecule has 0 radical (unpaired) electrons. The first-order valence-corrected chi connectivity index (χ1v) is 12.2. The highest BCUT2D eigenvalue weighted by atomic mass is 16.6. The maximum atomic E-state index is 11.4. The number of rotatable bonds is 10. The van der Waals surface area contributed by atoms with Crippen LogP contribution >= 0.6 is 0 Å². The summed E-state index contributed by atoms with van der Waals surface area (Å²) in [5.74, 6) is 1.52. The first kappa shape index (κ1) is 25.7. The number of esters is 1. The van der Waals surface area contributed by atoms with E-state index in [0.717, 1.165) is 50.7 Å². The largest absolute Gasteiger partial charge is 0.482 e. The average molecular weight is 435 g/mol. The van der Waals surface area contributed by atoms with Gasteiger partial charge in [0.05, 0.1) is 19.3 Å². The smallest absolute Gasteiger partial charge is 0.343 e. The van der Waals surface area contributed by atoms with Crippen molar-refractivity contribution in [3.05, 3.63) is 29.3 Å².